The first-order valence-electron chi connectivity index (χ1n) is 6.54. The highest BCUT2D eigenvalue weighted by molar-refractivity contribution is 5.60. The molecule has 1 saturated heterocycles. The normalized spacial score (nSPS) is 29.9. The summed E-state index contributed by atoms with van der Waals surface area (Å²) in [5.41, 5.74) is -0.204. The van der Waals surface area contributed by atoms with E-state index in [9.17, 15) is 4.79 Å². The van der Waals surface area contributed by atoms with Gasteiger partial charge in [-0.1, -0.05) is 6.92 Å². The van der Waals surface area contributed by atoms with E-state index in [4.69, 9.17) is 4.74 Å². The third-order valence-corrected chi connectivity index (χ3v) is 3.68. The van der Waals surface area contributed by atoms with Gasteiger partial charge in [0.1, 0.15) is 6.29 Å². The molecule has 0 aromatic carbocycles. The van der Waals surface area contributed by atoms with Crippen LogP contribution in [0.1, 0.15) is 32.6 Å². The highest BCUT2D eigenvalue weighted by atomic mass is 16.5. The Hall–Kier alpha value is -0.410. The van der Waals surface area contributed by atoms with Crippen molar-refractivity contribution >= 4 is 6.29 Å². The van der Waals surface area contributed by atoms with Gasteiger partial charge in [-0.2, -0.15) is 0 Å². The fourth-order valence-electron chi connectivity index (χ4n) is 2.54. The molecule has 1 atom stereocenters. The molecule has 3 heteroatoms. The van der Waals surface area contributed by atoms with Crippen LogP contribution in [0.3, 0.4) is 0 Å². The van der Waals surface area contributed by atoms with Crippen LogP contribution in [0.15, 0.2) is 0 Å². The summed E-state index contributed by atoms with van der Waals surface area (Å²) < 4.78 is 5.39. The van der Waals surface area contributed by atoms with Crippen LogP contribution in [0.2, 0.25) is 0 Å². The molecular formula is C13H23NO2. The Morgan fingerprint density at radius 1 is 1.50 bits per heavy atom. The number of carbonyl (C=O) groups excluding carboxylic acids is 1. The third-order valence-electron chi connectivity index (χ3n) is 3.68. The summed E-state index contributed by atoms with van der Waals surface area (Å²) in [7, 11) is 0. The second kappa shape index (κ2) is 5.28. The maximum atomic E-state index is 11.3. The highest BCUT2D eigenvalue weighted by Gasteiger charge is 2.37. The van der Waals surface area contributed by atoms with Crippen LogP contribution in [0.5, 0.6) is 0 Å². The molecule has 1 unspecified atom stereocenters. The molecule has 1 aliphatic carbocycles. The zero-order chi connectivity index (χ0) is 11.4. The summed E-state index contributed by atoms with van der Waals surface area (Å²) in [5, 5.41) is 0. The van der Waals surface area contributed by atoms with E-state index in [-0.39, 0.29) is 5.41 Å². The molecule has 0 bridgehead atoms. The summed E-state index contributed by atoms with van der Waals surface area (Å²) in [4.78, 5) is 13.7. The second-order valence-corrected chi connectivity index (χ2v) is 5.46. The van der Waals surface area contributed by atoms with E-state index >= 15 is 0 Å². The lowest BCUT2D eigenvalue weighted by atomic mass is 9.88. The lowest BCUT2D eigenvalue weighted by Gasteiger charge is -2.30. The van der Waals surface area contributed by atoms with Gasteiger partial charge in [0.15, 0.2) is 0 Å². The number of carbonyl (C=O) groups is 1. The van der Waals surface area contributed by atoms with Crippen molar-refractivity contribution in [1.29, 1.82) is 0 Å². The summed E-state index contributed by atoms with van der Waals surface area (Å²) in [6.45, 7) is 6.79. The van der Waals surface area contributed by atoms with Crippen LogP contribution < -0.4 is 0 Å². The van der Waals surface area contributed by atoms with Gasteiger partial charge >= 0.3 is 0 Å². The predicted molar refractivity (Wildman–Crippen MR) is 63.4 cm³/mol. The molecule has 1 aliphatic heterocycles. The van der Waals surface area contributed by atoms with E-state index in [0.717, 1.165) is 38.3 Å². The lowest BCUT2D eigenvalue weighted by Crippen LogP contribution is -2.40. The number of hydrogen-bond acceptors (Lipinski definition) is 3. The van der Waals surface area contributed by atoms with Gasteiger partial charge in [-0.15, -0.1) is 0 Å². The average Bonchev–Trinajstić information content (AvgIpc) is 2.96. The lowest BCUT2D eigenvalue weighted by molar-refractivity contribution is -0.117. The molecule has 2 fully saturated rings. The minimum absolute atomic E-state index is 0.204. The van der Waals surface area contributed by atoms with Crippen LogP contribution in [0, 0.1) is 11.3 Å². The molecule has 16 heavy (non-hydrogen) atoms. The summed E-state index contributed by atoms with van der Waals surface area (Å²) in [5.74, 6) is 0.901. The van der Waals surface area contributed by atoms with Gasteiger partial charge in [-0.25, -0.2) is 0 Å². The molecule has 2 rings (SSSR count). The molecular weight excluding hydrogens is 202 g/mol. The van der Waals surface area contributed by atoms with Crippen molar-refractivity contribution in [2.45, 2.75) is 32.6 Å². The van der Waals surface area contributed by atoms with Gasteiger partial charge in [-0.05, 0) is 38.1 Å². The maximum Gasteiger partial charge on any atom is 0.129 e. The summed E-state index contributed by atoms with van der Waals surface area (Å²) in [6, 6.07) is 0. The number of hydrogen-bond donors (Lipinski definition) is 0. The number of rotatable bonds is 7. The smallest absolute Gasteiger partial charge is 0.129 e. The Morgan fingerprint density at radius 2 is 2.31 bits per heavy atom. The Balaban J connectivity index is 1.88. The number of nitrogens with zero attached hydrogens (tertiary/aromatic N) is 1. The Morgan fingerprint density at radius 3 is 2.81 bits per heavy atom. The van der Waals surface area contributed by atoms with Crippen molar-refractivity contribution in [2.24, 2.45) is 11.3 Å². The third kappa shape index (κ3) is 3.05. The molecule has 0 spiro atoms. The molecule has 3 nitrogen and oxygen atoms in total. The molecule has 1 saturated carbocycles. The first-order valence-corrected chi connectivity index (χ1v) is 6.54. The Labute approximate surface area is 98.1 Å². The standard InChI is InChI=1S/C13H23NO2/c1-2-6-14(8-12-3-4-12)9-13(10-15)5-7-16-11-13/h10,12H,2-9,11H2,1H3. The predicted octanol–water partition coefficient (Wildman–Crippen LogP) is 1.71. The number of aldehydes is 1. The van der Waals surface area contributed by atoms with Crippen molar-refractivity contribution in [2.75, 3.05) is 32.8 Å². The van der Waals surface area contributed by atoms with Crippen LogP contribution in [0.4, 0.5) is 0 Å². The van der Waals surface area contributed by atoms with Crippen molar-refractivity contribution in [1.82, 2.24) is 4.90 Å². The Kier molecular flexibility index (Phi) is 3.98. The first-order chi connectivity index (χ1) is 7.78. The van der Waals surface area contributed by atoms with Crippen molar-refractivity contribution in [3.8, 4) is 0 Å². The fraction of sp³-hybridized carbons (Fsp3) is 0.923. The zero-order valence-electron chi connectivity index (χ0n) is 10.3. The molecule has 2 aliphatic rings. The van der Waals surface area contributed by atoms with Crippen LogP contribution in [-0.4, -0.2) is 44.0 Å². The Bertz CT molecular complexity index is 232. The fourth-order valence-corrected chi connectivity index (χ4v) is 2.54. The highest BCUT2D eigenvalue weighted by Crippen LogP contribution is 2.32. The van der Waals surface area contributed by atoms with Gasteiger partial charge < -0.3 is 14.4 Å². The molecule has 92 valence electrons. The van der Waals surface area contributed by atoms with E-state index in [1.165, 1.54) is 25.8 Å². The minimum Gasteiger partial charge on any atom is -0.380 e. The van der Waals surface area contributed by atoms with Crippen molar-refractivity contribution in [3.63, 3.8) is 0 Å². The maximum absolute atomic E-state index is 11.3. The minimum atomic E-state index is -0.204. The van der Waals surface area contributed by atoms with E-state index in [2.05, 4.69) is 11.8 Å². The zero-order valence-corrected chi connectivity index (χ0v) is 10.3. The van der Waals surface area contributed by atoms with E-state index in [1.807, 2.05) is 0 Å². The van der Waals surface area contributed by atoms with E-state index in [1.54, 1.807) is 0 Å². The second-order valence-electron chi connectivity index (χ2n) is 5.46. The van der Waals surface area contributed by atoms with E-state index < -0.39 is 0 Å². The van der Waals surface area contributed by atoms with Gasteiger partial charge in [0, 0.05) is 19.7 Å². The van der Waals surface area contributed by atoms with Crippen molar-refractivity contribution < 1.29 is 9.53 Å². The molecule has 1 heterocycles. The average molecular weight is 225 g/mol. The topological polar surface area (TPSA) is 29.5 Å². The van der Waals surface area contributed by atoms with Gasteiger partial charge in [0.05, 0.1) is 12.0 Å². The number of ether oxygens (including phenoxy) is 1. The van der Waals surface area contributed by atoms with Crippen LogP contribution in [0.25, 0.3) is 0 Å². The monoisotopic (exact) mass is 225 g/mol. The van der Waals surface area contributed by atoms with Gasteiger partial charge in [0.2, 0.25) is 0 Å². The van der Waals surface area contributed by atoms with Crippen molar-refractivity contribution in [3.05, 3.63) is 0 Å². The van der Waals surface area contributed by atoms with Crippen LogP contribution in [-0.2, 0) is 9.53 Å². The van der Waals surface area contributed by atoms with E-state index in [0.29, 0.717) is 6.61 Å². The molecule has 0 aromatic rings. The largest absolute Gasteiger partial charge is 0.380 e. The summed E-state index contributed by atoms with van der Waals surface area (Å²) in [6.07, 6.45) is 5.97. The summed E-state index contributed by atoms with van der Waals surface area (Å²) >= 11 is 0. The molecule has 0 amide bonds. The molecule has 0 aromatic heterocycles. The SMILES string of the molecule is CCCN(CC1CC1)CC1(C=O)CCOC1. The van der Waals surface area contributed by atoms with Crippen LogP contribution >= 0.6 is 0 Å². The molecule has 0 N–H and O–H groups in total. The molecule has 0 radical (unpaired) electrons. The first kappa shape index (κ1) is 12.1. The quantitative estimate of drug-likeness (QED) is 0.618. The van der Waals surface area contributed by atoms with Gasteiger partial charge in [-0.3, -0.25) is 0 Å². The van der Waals surface area contributed by atoms with Gasteiger partial charge in [0.25, 0.3) is 0 Å².